The Bertz CT molecular complexity index is 1230. The third-order valence-electron chi connectivity index (χ3n) is 6.17. The van der Waals surface area contributed by atoms with Crippen molar-refractivity contribution in [1.82, 2.24) is 9.80 Å². The molecule has 0 spiro atoms. The molecule has 3 heterocycles. The van der Waals surface area contributed by atoms with Crippen LogP contribution in [0.1, 0.15) is 29.0 Å². The number of hydrogen-bond donors (Lipinski definition) is 0. The zero-order valence-electron chi connectivity index (χ0n) is 17.7. The van der Waals surface area contributed by atoms with E-state index in [1.54, 1.807) is 11.9 Å². The summed E-state index contributed by atoms with van der Waals surface area (Å²) in [5, 5.41) is 0.252. The SMILES string of the molecule is CN(C(=O)c1cc(=O)c2ccc(F)cc2o1)C1CCN(Cc2ccc3c(c2)OCO3)CC1. The molecule has 2 aliphatic rings. The van der Waals surface area contributed by atoms with Crippen LogP contribution in [0.3, 0.4) is 0 Å². The van der Waals surface area contributed by atoms with Crippen molar-refractivity contribution in [1.29, 1.82) is 0 Å². The van der Waals surface area contributed by atoms with E-state index in [0.717, 1.165) is 55.6 Å². The fraction of sp³-hybridized carbons (Fsp3) is 0.333. The maximum atomic E-state index is 13.5. The Balaban J connectivity index is 1.23. The molecule has 2 aliphatic heterocycles. The molecule has 166 valence electrons. The predicted octanol–water partition coefficient (Wildman–Crippen LogP) is 3.40. The number of amides is 1. The molecule has 0 atom stereocenters. The second kappa shape index (κ2) is 8.27. The Labute approximate surface area is 183 Å². The van der Waals surface area contributed by atoms with E-state index in [9.17, 15) is 14.0 Å². The average Bonchev–Trinajstić information content (AvgIpc) is 3.26. The molecule has 7 nitrogen and oxygen atoms in total. The van der Waals surface area contributed by atoms with Crippen LogP contribution in [0.15, 0.2) is 51.7 Å². The zero-order chi connectivity index (χ0) is 22.2. The molecule has 32 heavy (non-hydrogen) atoms. The van der Waals surface area contributed by atoms with Crippen LogP contribution in [-0.2, 0) is 6.54 Å². The van der Waals surface area contributed by atoms with Gasteiger partial charge in [0.05, 0.1) is 5.39 Å². The van der Waals surface area contributed by atoms with Crippen molar-refractivity contribution >= 4 is 16.9 Å². The lowest BCUT2D eigenvalue weighted by Gasteiger charge is -2.36. The minimum absolute atomic E-state index is 0.0315. The first kappa shape index (κ1) is 20.5. The molecule has 1 aromatic heterocycles. The number of piperidine rings is 1. The lowest BCUT2D eigenvalue weighted by molar-refractivity contribution is 0.0606. The van der Waals surface area contributed by atoms with Gasteiger partial charge >= 0.3 is 0 Å². The van der Waals surface area contributed by atoms with Gasteiger partial charge in [0.1, 0.15) is 11.4 Å². The first-order valence-corrected chi connectivity index (χ1v) is 10.6. The molecule has 0 aliphatic carbocycles. The molecule has 1 saturated heterocycles. The number of likely N-dealkylation sites (tertiary alicyclic amines) is 1. The van der Waals surface area contributed by atoms with Gasteiger partial charge in [0.15, 0.2) is 22.7 Å². The second-order valence-electron chi connectivity index (χ2n) is 8.23. The Kier molecular flexibility index (Phi) is 5.30. The molecule has 1 amide bonds. The van der Waals surface area contributed by atoms with Gasteiger partial charge in [-0.2, -0.15) is 0 Å². The van der Waals surface area contributed by atoms with Crippen LogP contribution in [0.2, 0.25) is 0 Å². The van der Waals surface area contributed by atoms with Crippen LogP contribution < -0.4 is 14.9 Å². The van der Waals surface area contributed by atoms with Crippen LogP contribution in [0.25, 0.3) is 11.0 Å². The summed E-state index contributed by atoms with van der Waals surface area (Å²) in [5.74, 6) is 0.587. The summed E-state index contributed by atoms with van der Waals surface area (Å²) in [6, 6.07) is 10.9. The molecule has 0 N–H and O–H groups in total. The highest BCUT2D eigenvalue weighted by Crippen LogP contribution is 2.33. The third kappa shape index (κ3) is 3.93. The number of fused-ring (bicyclic) bond motifs is 2. The van der Waals surface area contributed by atoms with Crippen LogP contribution in [0.4, 0.5) is 4.39 Å². The van der Waals surface area contributed by atoms with Crippen molar-refractivity contribution in [3.8, 4) is 11.5 Å². The Morgan fingerprint density at radius 3 is 2.69 bits per heavy atom. The maximum absolute atomic E-state index is 13.5. The van der Waals surface area contributed by atoms with E-state index in [-0.39, 0.29) is 40.9 Å². The number of rotatable bonds is 4. The number of carbonyl (C=O) groups excluding carboxylic acids is 1. The molecule has 0 bridgehead atoms. The molecule has 1 fully saturated rings. The van der Waals surface area contributed by atoms with E-state index < -0.39 is 5.82 Å². The second-order valence-corrected chi connectivity index (χ2v) is 8.23. The maximum Gasteiger partial charge on any atom is 0.289 e. The molecule has 3 aromatic rings. The quantitative estimate of drug-likeness (QED) is 0.622. The Hall–Kier alpha value is -3.39. The summed E-state index contributed by atoms with van der Waals surface area (Å²) < 4.78 is 29.9. The molecule has 0 unspecified atom stereocenters. The van der Waals surface area contributed by atoms with E-state index in [4.69, 9.17) is 13.9 Å². The highest BCUT2D eigenvalue weighted by Gasteiger charge is 2.28. The Morgan fingerprint density at radius 2 is 1.88 bits per heavy atom. The number of benzene rings is 2. The summed E-state index contributed by atoms with van der Waals surface area (Å²) in [6.07, 6.45) is 1.61. The summed E-state index contributed by atoms with van der Waals surface area (Å²) >= 11 is 0. The van der Waals surface area contributed by atoms with Crippen LogP contribution >= 0.6 is 0 Å². The van der Waals surface area contributed by atoms with E-state index in [2.05, 4.69) is 4.90 Å². The smallest absolute Gasteiger partial charge is 0.289 e. The molecule has 0 radical (unpaired) electrons. The van der Waals surface area contributed by atoms with Crippen LogP contribution in [0, 0.1) is 5.82 Å². The Morgan fingerprint density at radius 1 is 1.09 bits per heavy atom. The normalized spacial score (nSPS) is 16.4. The van der Waals surface area contributed by atoms with Crippen molar-refractivity contribution < 1.29 is 23.1 Å². The van der Waals surface area contributed by atoms with Gasteiger partial charge < -0.3 is 18.8 Å². The van der Waals surface area contributed by atoms with E-state index >= 15 is 0 Å². The molecule has 8 heteroatoms. The monoisotopic (exact) mass is 438 g/mol. The summed E-state index contributed by atoms with van der Waals surface area (Å²) in [7, 11) is 1.72. The minimum Gasteiger partial charge on any atom is -0.454 e. The first-order valence-electron chi connectivity index (χ1n) is 10.6. The van der Waals surface area contributed by atoms with Gasteiger partial charge in [-0.1, -0.05) is 6.07 Å². The van der Waals surface area contributed by atoms with Crippen molar-refractivity contribution in [3.63, 3.8) is 0 Å². The molecule has 0 saturated carbocycles. The van der Waals surface area contributed by atoms with Gasteiger partial charge in [-0.05, 0) is 42.7 Å². The molecule has 5 rings (SSSR count). The van der Waals surface area contributed by atoms with Crippen molar-refractivity contribution in [2.45, 2.75) is 25.4 Å². The number of halogens is 1. The van der Waals surface area contributed by atoms with Crippen molar-refractivity contribution in [2.75, 3.05) is 26.9 Å². The van der Waals surface area contributed by atoms with Gasteiger partial charge in [-0.25, -0.2) is 4.39 Å². The number of ether oxygens (including phenoxy) is 2. The van der Waals surface area contributed by atoms with Gasteiger partial charge in [0.25, 0.3) is 5.91 Å². The minimum atomic E-state index is -0.520. The number of carbonyl (C=O) groups is 1. The fourth-order valence-corrected chi connectivity index (χ4v) is 4.34. The topological polar surface area (TPSA) is 72.2 Å². The lowest BCUT2D eigenvalue weighted by Crippen LogP contribution is -2.45. The summed E-state index contributed by atoms with van der Waals surface area (Å²) in [5.41, 5.74) is 0.872. The molecule has 2 aromatic carbocycles. The van der Waals surface area contributed by atoms with Gasteiger partial charge in [-0.3, -0.25) is 14.5 Å². The van der Waals surface area contributed by atoms with Gasteiger partial charge in [0.2, 0.25) is 6.79 Å². The van der Waals surface area contributed by atoms with E-state index in [1.807, 2.05) is 18.2 Å². The van der Waals surface area contributed by atoms with Crippen LogP contribution in [0.5, 0.6) is 11.5 Å². The standard InChI is InChI=1S/C24H23FN2O5/c1-26(24(29)23-12-19(28)18-4-3-16(25)11-21(18)32-23)17-6-8-27(9-7-17)13-15-2-5-20-22(10-15)31-14-30-20/h2-5,10-12,17H,6-9,13-14H2,1H3. The largest absolute Gasteiger partial charge is 0.454 e. The summed E-state index contributed by atoms with van der Waals surface area (Å²) in [6.45, 7) is 2.73. The first-order chi connectivity index (χ1) is 15.5. The third-order valence-corrected chi connectivity index (χ3v) is 6.17. The predicted molar refractivity (Wildman–Crippen MR) is 115 cm³/mol. The van der Waals surface area contributed by atoms with Crippen LogP contribution in [-0.4, -0.2) is 48.7 Å². The highest BCUT2D eigenvalue weighted by atomic mass is 19.1. The van der Waals surface area contributed by atoms with Crippen molar-refractivity contribution in [3.05, 3.63) is 69.8 Å². The van der Waals surface area contributed by atoms with E-state index in [0.29, 0.717) is 0 Å². The van der Waals surface area contributed by atoms with Crippen molar-refractivity contribution in [2.24, 2.45) is 0 Å². The molecular formula is C24H23FN2O5. The van der Waals surface area contributed by atoms with E-state index in [1.165, 1.54) is 18.2 Å². The number of hydrogen-bond acceptors (Lipinski definition) is 6. The highest BCUT2D eigenvalue weighted by molar-refractivity contribution is 5.93. The van der Waals surface area contributed by atoms with Gasteiger partial charge in [0, 0.05) is 44.9 Å². The summed E-state index contributed by atoms with van der Waals surface area (Å²) in [4.78, 5) is 29.3. The number of nitrogens with zero attached hydrogens (tertiary/aromatic N) is 2. The molecular weight excluding hydrogens is 415 g/mol. The lowest BCUT2D eigenvalue weighted by atomic mass is 10.0. The fourth-order valence-electron chi connectivity index (χ4n) is 4.34. The zero-order valence-corrected chi connectivity index (χ0v) is 17.7. The average molecular weight is 438 g/mol. The van der Waals surface area contributed by atoms with Gasteiger partial charge in [-0.15, -0.1) is 0 Å².